The molecule has 1 unspecified atom stereocenters. The molecule has 0 saturated heterocycles. The highest BCUT2D eigenvalue weighted by Gasteiger charge is 2.33. The van der Waals surface area contributed by atoms with E-state index in [-0.39, 0.29) is 17.0 Å². The quantitative estimate of drug-likeness (QED) is 0.244. The van der Waals surface area contributed by atoms with Crippen LogP contribution >= 0.6 is 0 Å². The van der Waals surface area contributed by atoms with Crippen LogP contribution in [0.2, 0.25) is 0 Å². The van der Waals surface area contributed by atoms with Crippen molar-refractivity contribution in [2.75, 3.05) is 32.1 Å². The van der Waals surface area contributed by atoms with Gasteiger partial charge in [0, 0.05) is 55.8 Å². The Kier molecular flexibility index (Phi) is 8.49. The van der Waals surface area contributed by atoms with E-state index in [2.05, 4.69) is 4.72 Å². The molecule has 0 aliphatic carbocycles. The zero-order valence-electron chi connectivity index (χ0n) is 21.2. The number of sulfonamides is 1. The van der Waals surface area contributed by atoms with Crippen LogP contribution in [0.1, 0.15) is 19.4 Å². The van der Waals surface area contributed by atoms with Crippen LogP contribution in [0, 0.1) is 16.0 Å². The average Bonchev–Trinajstić information content (AvgIpc) is 2.86. The fourth-order valence-electron chi connectivity index (χ4n) is 4.18. The van der Waals surface area contributed by atoms with Gasteiger partial charge in [-0.25, -0.2) is 13.1 Å². The number of hydrogen-bond donors (Lipinski definition) is 1. The molecule has 0 spiro atoms. The Labute approximate surface area is 216 Å². The summed E-state index contributed by atoms with van der Waals surface area (Å²) in [6, 6.07) is 15.5. The Morgan fingerprint density at radius 3 is 2.11 bits per heavy atom. The lowest BCUT2D eigenvalue weighted by atomic mass is 9.97. The van der Waals surface area contributed by atoms with Gasteiger partial charge in [-0.15, -0.1) is 0 Å². The molecule has 0 heterocycles. The highest BCUT2D eigenvalue weighted by atomic mass is 32.2. The summed E-state index contributed by atoms with van der Waals surface area (Å²) < 4.78 is 28.9. The summed E-state index contributed by atoms with van der Waals surface area (Å²) in [6.45, 7) is 4.19. The molecule has 2 amide bonds. The molecule has 0 radical (unpaired) electrons. The molecule has 3 aromatic carbocycles. The topological polar surface area (TPSA) is 130 Å². The molecule has 1 atom stereocenters. The molecule has 0 bridgehead atoms. The zero-order valence-corrected chi connectivity index (χ0v) is 22.0. The molecule has 196 valence electrons. The van der Waals surface area contributed by atoms with Crippen molar-refractivity contribution in [2.45, 2.75) is 25.2 Å². The van der Waals surface area contributed by atoms with Crippen molar-refractivity contribution in [3.63, 3.8) is 0 Å². The largest absolute Gasteiger partial charge is 0.377 e. The van der Waals surface area contributed by atoms with E-state index in [1.165, 1.54) is 35.2 Å². The van der Waals surface area contributed by atoms with Gasteiger partial charge in [0.25, 0.3) is 15.7 Å². The summed E-state index contributed by atoms with van der Waals surface area (Å²) in [5.74, 6) is -2.83. The molecule has 0 saturated carbocycles. The molecule has 1 N–H and O–H groups in total. The molecule has 3 rings (SSSR count). The van der Waals surface area contributed by atoms with Crippen LogP contribution in [-0.2, 0) is 26.0 Å². The first kappa shape index (κ1) is 27.6. The smallest absolute Gasteiger partial charge is 0.269 e. The van der Waals surface area contributed by atoms with E-state index in [9.17, 15) is 28.1 Å². The van der Waals surface area contributed by atoms with Gasteiger partial charge in [0.2, 0.25) is 11.8 Å². The molecule has 37 heavy (non-hydrogen) atoms. The number of nitro groups is 1. The molecule has 0 aromatic heterocycles. The van der Waals surface area contributed by atoms with Crippen molar-refractivity contribution in [3.05, 3.63) is 76.3 Å². The van der Waals surface area contributed by atoms with Crippen molar-refractivity contribution in [1.82, 2.24) is 9.62 Å². The van der Waals surface area contributed by atoms with Crippen molar-refractivity contribution in [2.24, 2.45) is 5.92 Å². The third-order valence-corrected chi connectivity index (χ3v) is 7.55. The number of hydrogen-bond acceptors (Lipinski definition) is 7. The number of nitrogens with one attached hydrogen (secondary N) is 1. The first-order chi connectivity index (χ1) is 17.5. The van der Waals surface area contributed by atoms with Gasteiger partial charge in [-0.1, -0.05) is 36.4 Å². The van der Waals surface area contributed by atoms with Gasteiger partial charge in [0.1, 0.15) is 5.92 Å². The summed E-state index contributed by atoms with van der Waals surface area (Å²) >= 11 is 0. The predicted molar refractivity (Wildman–Crippen MR) is 142 cm³/mol. The van der Waals surface area contributed by atoms with E-state index < -0.39 is 32.7 Å². The van der Waals surface area contributed by atoms with Crippen molar-refractivity contribution in [3.8, 4) is 0 Å². The van der Waals surface area contributed by atoms with E-state index in [0.29, 0.717) is 29.4 Å². The van der Waals surface area contributed by atoms with Crippen molar-refractivity contribution >= 4 is 44.0 Å². The number of carbonyl (C=O) groups excluding carboxylic acids is 2. The Bertz CT molecular complexity index is 1420. The minimum Gasteiger partial charge on any atom is -0.377 e. The summed E-state index contributed by atoms with van der Waals surface area (Å²) in [7, 11) is -0.641. The van der Waals surface area contributed by atoms with Crippen LogP contribution in [0.15, 0.2) is 65.6 Å². The third-order valence-electron chi connectivity index (χ3n) is 6.14. The Balaban J connectivity index is 1.98. The molecule has 0 fully saturated rings. The van der Waals surface area contributed by atoms with Gasteiger partial charge in [0.05, 0.1) is 9.82 Å². The van der Waals surface area contributed by atoms with Crippen LogP contribution in [0.5, 0.6) is 0 Å². The first-order valence-electron chi connectivity index (χ1n) is 11.8. The van der Waals surface area contributed by atoms with Gasteiger partial charge < -0.3 is 9.80 Å². The molecule has 3 aromatic rings. The molecule has 0 aliphatic rings. The standard InChI is InChI=1S/C26H30N4O6S/c1-5-29(6-2)26(32)22(17-18-13-15-19(16-14-18)30(33)34)25(31)27-37(35,36)24-12-8-9-20-21(24)10-7-11-23(20)28(3)4/h7-16,22H,5-6,17H2,1-4H3,(H,27,31). The maximum Gasteiger partial charge on any atom is 0.269 e. The summed E-state index contributed by atoms with van der Waals surface area (Å²) in [6.07, 6.45) is -0.116. The Hall–Kier alpha value is -3.99. The summed E-state index contributed by atoms with van der Waals surface area (Å²) in [4.78, 5) is 40.2. The second-order valence-electron chi connectivity index (χ2n) is 8.68. The van der Waals surface area contributed by atoms with E-state index in [1.807, 2.05) is 25.1 Å². The van der Waals surface area contributed by atoms with E-state index >= 15 is 0 Å². The Morgan fingerprint density at radius 1 is 0.946 bits per heavy atom. The van der Waals surface area contributed by atoms with Crippen LogP contribution in [-0.4, -0.2) is 57.2 Å². The Morgan fingerprint density at radius 2 is 1.54 bits per heavy atom. The highest BCUT2D eigenvalue weighted by Crippen LogP contribution is 2.30. The number of amides is 2. The number of fused-ring (bicyclic) bond motifs is 1. The van der Waals surface area contributed by atoms with Crippen LogP contribution in [0.25, 0.3) is 10.8 Å². The normalized spacial score (nSPS) is 12.1. The molecule has 11 heteroatoms. The molecular weight excluding hydrogens is 496 g/mol. The molecule has 10 nitrogen and oxygen atoms in total. The summed E-state index contributed by atoms with van der Waals surface area (Å²) in [5.41, 5.74) is 1.17. The lowest BCUT2D eigenvalue weighted by Crippen LogP contribution is -2.46. The highest BCUT2D eigenvalue weighted by molar-refractivity contribution is 7.90. The maximum atomic E-state index is 13.4. The predicted octanol–water partition coefficient (Wildman–Crippen LogP) is 3.35. The number of rotatable bonds is 10. The zero-order chi connectivity index (χ0) is 27.3. The van der Waals surface area contributed by atoms with Crippen molar-refractivity contribution < 1.29 is 22.9 Å². The van der Waals surface area contributed by atoms with Gasteiger partial charge >= 0.3 is 0 Å². The van der Waals surface area contributed by atoms with Crippen LogP contribution < -0.4 is 9.62 Å². The minimum atomic E-state index is -4.33. The van der Waals surface area contributed by atoms with E-state index in [0.717, 1.165) is 5.69 Å². The number of nitro benzene ring substituents is 1. The maximum absolute atomic E-state index is 13.4. The minimum absolute atomic E-state index is 0.0774. The fraction of sp³-hybridized carbons (Fsp3) is 0.308. The van der Waals surface area contributed by atoms with Gasteiger partial charge in [-0.3, -0.25) is 19.7 Å². The third kappa shape index (κ3) is 6.05. The lowest BCUT2D eigenvalue weighted by molar-refractivity contribution is -0.384. The number of benzene rings is 3. The number of non-ortho nitro benzene ring substituents is 1. The number of carbonyl (C=O) groups is 2. The van der Waals surface area contributed by atoms with E-state index in [1.54, 1.807) is 38.1 Å². The second-order valence-corrected chi connectivity index (χ2v) is 10.3. The van der Waals surface area contributed by atoms with Gasteiger partial charge in [-0.05, 0) is 38.0 Å². The molecular formula is C26H30N4O6S. The molecule has 0 aliphatic heterocycles. The lowest BCUT2D eigenvalue weighted by Gasteiger charge is -2.25. The number of anilines is 1. The first-order valence-corrected chi connectivity index (χ1v) is 13.3. The van der Waals surface area contributed by atoms with Crippen molar-refractivity contribution in [1.29, 1.82) is 0 Å². The fourth-order valence-corrected chi connectivity index (χ4v) is 5.43. The SMILES string of the molecule is CCN(CC)C(=O)C(Cc1ccc([N+](=O)[O-])cc1)C(=O)NS(=O)(=O)c1cccc2c(N(C)C)cccc12. The number of nitrogens with zero attached hydrogens (tertiary/aromatic N) is 3. The monoisotopic (exact) mass is 526 g/mol. The van der Waals surface area contributed by atoms with Gasteiger partial charge in [0.15, 0.2) is 0 Å². The van der Waals surface area contributed by atoms with Crippen LogP contribution in [0.3, 0.4) is 0 Å². The van der Waals surface area contributed by atoms with E-state index in [4.69, 9.17) is 0 Å². The van der Waals surface area contributed by atoms with Crippen LogP contribution in [0.4, 0.5) is 11.4 Å². The second kappa shape index (κ2) is 11.4. The average molecular weight is 527 g/mol. The summed E-state index contributed by atoms with van der Waals surface area (Å²) in [5, 5.41) is 12.1. The van der Waals surface area contributed by atoms with Gasteiger partial charge in [-0.2, -0.15) is 0 Å².